The molecular weight excluding hydrogens is 662 g/mol. The lowest BCUT2D eigenvalue weighted by molar-refractivity contribution is 0.0133. The van der Waals surface area contributed by atoms with Gasteiger partial charge in [0.05, 0.1) is 29.0 Å². The van der Waals surface area contributed by atoms with Crippen molar-refractivity contribution < 1.29 is 23.3 Å². The molecule has 1 aliphatic carbocycles. The summed E-state index contributed by atoms with van der Waals surface area (Å²) in [7, 11) is 3.25. The van der Waals surface area contributed by atoms with Crippen molar-refractivity contribution in [2.45, 2.75) is 69.5 Å². The molecule has 2 unspecified atom stereocenters. The van der Waals surface area contributed by atoms with Gasteiger partial charge in [0.25, 0.3) is 5.91 Å². The van der Waals surface area contributed by atoms with Crippen LogP contribution in [0.1, 0.15) is 60.5 Å². The van der Waals surface area contributed by atoms with Gasteiger partial charge in [0.15, 0.2) is 0 Å². The van der Waals surface area contributed by atoms with Crippen molar-refractivity contribution in [3.8, 4) is 5.75 Å². The Morgan fingerprint density at radius 1 is 1.10 bits per heavy atom. The summed E-state index contributed by atoms with van der Waals surface area (Å²) < 4.78 is 30.5. The minimum absolute atomic E-state index is 0.0759. The Morgan fingerprint density at radius 3 is 2.65 bits per heavy atom. The van der Waals surface area contributed by atoms with E-state index in [0.29, 0.717) is 55.8 Å². The average Bonchev–Trinajstić information content (AvgIpc) is 3.06. The first kappa shape index (κ1) is 35.7. The van der Waals surface area contributed by atoms with Crippen molar-refractivity contribution in [2.75, 3.05) is 52.3 Å². The van der Waals surface area contributed by atoms with E-state index >= 15 is 0 Å². The fourth-order valence-electron chi connectivity index (χ4n) is 7.33. The van der Waals surface area contributed by atoms with Crippen molar-refractivity contribution in [3.05, 3.63) is 70.3 Å². The number of rotatable bonds is 3. The molecule has 2 aromatic rings. The number of aryl methyl sites for hydroxylation is 1. The first-order valence-electron chi connectivity index (χ1n) is 17.5. The summed E-state index contributed by atoms with van der Waals surface area (Å²) in [6.45, 7) is 5.06. The van der Waals surface area contributed by atoms with Crippen LogP contribution in [0.25, 0.3) is 0 Å². The van der Waals surface area contributed by atoms with E-state index in [2.05, 4.69) is 43.8 Å². The zero-order valence-electron chi connectivity index (χ0n) is 29.0. The number of likely N-dealkylation sites (tertiary alicyclic amines) is 1. The second kappa shape index (κ2) is 15.8. The van der Waals surface area contributed by atoms with Gasteiger partial charge in [-0.3, -0.25) is 9.00 Å². The number of thiol groups is 1. The van der Waals surface area contributed by atoms with Crippen molar-refractivity contribution in [3.63, 3.8) is 0 Å². The maximum absolute atomic E-state index is 13.9. The van der Waals surface area contributed by atoms with Gasteiger partial charge in [-0.25, -0.2) is 4.79 Å². The van der Waals surface area contributed by atoms with Gasteiger partial charge in [-0.2, -0.15) is 4.36 Å². The maximum atomic E-state index is 13.9. The Kier molecular flexibility index (Phi) is 11.5. The molecule has 3 aliphatic heterocycles. The number of benzene rings is 2. The normalized spacial score (nSPS) is 29.1. The Balaban J connectivity index is 1.38. The lowest BCUT2D eigenvalue weighted by Gasteiger charge is -2.43. The molecule has 49 heavy (non-hydrogen) atoms. The highest BCUT2D eigenvalue weighted by Crippen LogP contribution is 2.42. The molecule has 2 aromatic carbocycles. The number of likely N-dealkylation sites (N-methyl/N-ethyl adjacent to an activating group) is 1. The van der Waals surface area contributed by atoms with Crippen LogP contribution in [0.15, 0.2) is 52.9 Å². The van der Waals surface area contributed by atoms with E-state index < -0.39 is 21.9 Å². The lowest BCUT2D eigenvalue weighted by Crippen LogP contribution is -2.62. The summed E-state index contributed by atoms with van der Waals surface area (Å²) in [5.41, 5.74) is 3.57. The SMILES string of the molecule is CO[C@H]1/C=C/C[C@H](C)C(NC(=O)N2CC(N(C)C)C2)/[SH](=O)=N\C(=O)c2ccc3c(c2)N(Cc2ccc(Cl)cc2CCCCO3)C[C@@H]2CC[C@H]21. The molecule has 1 N–H and O–H groups in total. The number of amides is 3. The maximum Gasteiger partial charge on any atom is 0.318 e. The van der Waals surface area contributed by atoms with E-state index in [-0.39, 0.29) is 24.1 Å². The molecule has 2 fully saturated rings. The van der Waals surface area contributed by atoms with E-state index in [1.807, 2.05) is 39.2 Å². The zero-order chi connectivity index (χ0) is 34.7. The standard InChI is InChI=1S/C37H50ClN5O5S/c1-24-8-7-10-33(47-4)31-15-12-28(31)21-42-20-27-11-14-29(38)18-25(27)9-5-6-17-48-34-16-13-26(19-32(34)42)35(44)40-49(46)36(24)39-37(45)43-22-30(23-43)41(2)3/h7,10-11,13-14,16,18-19,24,28,30-31,33,36,49H,5-6,8-9,12,15,17,20-23H2,1-4H3,(H,39,45)/b10-7+/t24-,28-,31+,33-,36?/m0/s1. The van der Waals surface area contributed by atoms with Crippen LogP contribution in [0, 0.1) is 17.8 Å². The Hall–Kier alpha value is -3.12. The fourth-order valence-corrected chi connectivity index (χ4v) is 8.73. The molecule has 0 aromatic heterocycles. The van der Waals surface area contributed by atoms with Crippen LogP contribution < -0.4 is 15.0 Å². The molecule has 3 heterocycles. The second-order valence-corrected chi connectivity index (χ2v) is 16.0. The molecule has 6 atom stereocenters. The molecule has 4 aliphatic rings. The van der Waals surface area contributed by atoms with Crippen LogP contribution in [0.3, 0.4) is 0 Å². The van der Waals surface area contributed by atoms with Crippen LogP contribution in [0.5, 0.6) is 5.75 Å². The van der Waals surface area contributed by atoms with Crippen LogP contribution in [-0.4, -0.2) is 90.9 Å². The predicted octanol–water partition coefficient (Wildman–Crippen LogP) is 5.79. The summed E-state index contributed by atoms with van der Waals surface area (Å²) in [4.78, 5) is 33.1. The number of urea groups is 1. The van der Waals surface area contributed by atoms with Crippen LogP contribution >= 0.6 is 11.6 Å². The number of methoxy groups -OCH3 is 1. The summed E-state index contributed by atoms with van der Waals surface area (Å²) in [5, 5.41) is 2.89. The molecule has 10 nitrogen and oxygen atoms in total. The number of nitrogens with zero attached hydrogens (tertiary/aromatic N) is 4. The molecule has 0 spiro atoms. The third-order valence-electron chi connectivity index (χ3n) is 10.8. The van der Waals surface area contributed by atoms with Crippen LogP contribution in [-0.2, 0) is 28.3 Å². The summed E-state index contributed by atoms with van der Waals surface area (Å²) in [6, 6.07) is 11.5. The molecule has 2 bridgehead atoms. The Labute approximate surface area is 297 Å². The molecule has 12 heteroatoms. The number of carbonyl (C=O) groups is 2. The van der Waals surface area contributed by atoms with Gasteiger partial charge in [0, 0.05) is 49.9 Å². The minimum atomic E-state index is -2.49. The van der Waals surface area contributed by atoms with Gasteiger partial charge in [-0.15, -0.1) is 0 Å². The summed E-state index contributed by atoms with van der Waals surface area (Å²) in [5.74, 6) is 0.583. The molecule has 1 saturated heterocycles. The van der Waals surface area contributed by atoms with Gasteiger partial charge < -0.3 is 29.5 Å². The third kappa shape index (κ3) is 8.27. The van der Waals surface area contributed by atoms with Crippen molar-refractivity contribution in [2.24, 2.45) is 22.1 Å². The van der Waals surface area contributed by atoms with Crippen molar-refractivity contribution >= 4 is 39.8 Å². The van der Waals surface area contributed by atoms with Gasteiger partial charge in [0.2, 0.25) is 0 Å². The highest BCUT2D eigenvalue weighted by Gasteiger charge is 2.38. The number of anilines is 1. The van der Waals surface area contributed by atoms with E-state index in [0.717, 1.165) is 49.4 Å². The molecular formula is C37H50ClN5O5S. The first-order chi connectivity index (χ1) is 23.6. The molecule has 3 amide bonds. The van der Waals surface area contributed by atoms with Crippen LogP contribution in [0.4, 0.5) is 10.5 Å². The van der Waals surface area contributed by atoms with E-state index in [4.69, 9.17) is 21.1 Å². The summed E-state index contributed by atoms with van der Waals surface area (Å²) in [6.07, 6.45) is 9.55. The number of nitrogens with one attached hydrogen (secondary N) is 1. The number of fused-ring (bicyclic) bond motifs is 3. The highest BCUT2D eigenvalue weighted by molar-refractivity contribution is 7.76. The van der Waals surface area contributed by atoms with Crippen molar-refractivity contribution in [1.29, 1.82) is 0 Å². The number of hydrogen-bond acceptors (Lipinski definition) is 7. The molecule has 266 valence electrons. The average molecular weight is 712 g/mol. The van der Waals surface area contributed by atoms with Crippen LogP contribution in [0.2, 0.25) is 5.02 Å². The number of allylic oxidation sites excluding steroid dienone is 1. The lowest BCUT2D eigenvalue weighted by atomic mass is 9.70. The van der Waals surface area contributed by atoms with Gasteiger partial charge in [-0.1, -0.05) is 36.7 Å². The Morgan fingerprint density at radius 2 is 1.92 bits per heavy atom. The predicted molar refractivity (Wildman–Crippen MR) is 195 cm³/mol. The van der Waals surface area contributed by atoms with E-state index in [1.165, 1.54) is 11.1 Å². The van der Waals surface area contributed by atoms with Gasteiger partial charge in [0.1, 0.15) is 11.1 Å². The van der Waals surface area contributed by atoms with Crippen molar-refractivity contribution in [1.82, 2.24) is 15.1 Å². The second-order valence-electron chi connectivity index (χ2n) is 14.2. The highest BCUT2D eigenvalue weighted by atomic mass is 35.5. The Bertz CT molecular complexity index is 1640. The molecule has 6 rings (SSSR count). The smallest absolute Gasteiger partial charge is 0.318 e. The van der Waals surface area contributed by atoms with E-state index in [1.54, 1.807) is 18.1 Å². The van der Waals surface area contributed by atoms with Gasteiger partial charge >= 0.3 is 6.03 Å². The third-order valence-corrected chi connectivity index (χ3v) is 12.5. The molecule has 1 saturated carbocycles. The number of carbonyl (C=O) groups excluding carboxylic acids is 2. The fraction of sp³-hybridized carbons (Fsp3) is 0.568. The molecule has 0 radical (unpaired) electrons. The monoisotopic (exact) mass is 711 g/mol. The topological polar surface area (TPSA) is 104 Å². The number of halogens is 1. The van der Waals surface area contributed by atoms with E-state index in [9.17, 15) is 13.8 Å². The number of hydrogen-bond donors (Lipinski definition) is 2. The minimum Gasteiger partial charge on any atom is -0.491 e. The largest absolute Gasteiger partial charge is 0.491 e. The zero-order valence-corrected chi connectivity index (χ0v) is 30.7. The number of ether oxygens (including phenoxy) is 2. The first-order valence-corrected chi connectivity index (χ1v) is 19.2. The summed E-state index contributed by atoms with van der Waals surface area (Å²) >= 11 is 6.45. The van der Waals surface area contributed by atoms with Gasteiger partial charge in [-0.05, 0) is 112 Å². The quantitative estimate of drug-likeness (QED) is 0.307.